The molecule has 1 atom stereocenters. The first-order valence-electron chi connectivity index (χ1n) is 14.2. The average Bonchev–Trinajstić information content (AvgIpc) is 3.25. The summed E-state index contributed by atoms with van der Waals surface area (Å²) in [6.07, 6.45) is 3.96. The number of hydrogen-bond donors (Lipinski definition) is 0. The number of unbranched alkanes of at least 4 members (excludes halogenated alkanes) is 1. The van der Waals surface area contributed by atoms with Crippen LogP contribution in [0, 0.1) is 0 Å². The van der Waals surface area contributed by atoms with Gasteiger partial charge in [0.25, 0.3) is 8.32 Å². The predicted octanol–water partition coefficient (Wildman–Crippen LogP) is 6.33. The molecule has 2 aromatic rings. The minimum absolute atomic E-state index is 0.0379. The first kappa shape index (κ1) is 32.0. The number of nitrogens with zero attached hydrogens (tertiary/aromatic N) is 1. The van der Waals surface area contributed by atoms with Crippen LogP contribution >= 0.6 is 6.49 Å². The molecule has 216 valence electrons. The van der Waals surface area contributed by atoms with Crippen molar-refractivity contribution >= 4 is 43.1 Å². The molecule has 6 nitrogen and oxygen atoms in total. The van der Waals surface area contributed by atoms with Crippen LogP contribution in [0.15, 0.2) is 60.7 Å². The number of rotatable bonds is 16. The molecule has 3 rings (SSSR count). The maximum Gasteiger partial charge on any atom is 0.410 e. The molecule has 0 aromatic heterocycles. The summed E-state index contributed by atoms with van der Waals surface area (Å²) >= 11 is 5.65. The van der Waals surface area contributed by atoms with E-state index in [1.54, 1.807) is 0 Å². The zero-order chi connectivity index (χ0) is 28.4. The van der Waals surface area contributed by atoms with E-state index in [-0.39, 0.29) is 17.2 Å². The van der Waals surface area contributed by atoms with Gasteiger partial charge in [0.15, 0.2) is 6.49 Å². The first-order valence-corrected chi connectivity index (χ1v) is 19.0. The van der Waals surface area contributed by atoms with Crippen molar-refractivity contribution in [3.8, 4) is 0 Å². The molecule has 1 fully saturated rings. The Morgan fingerprint density at radius 2 is 1.51 bits per heavy atom. The number of ether oxygens (including phenoxy) is 1. The van der Waals surface area contributed by atoms with E-state index in [2.05, 4.69) is 81.4 Å². The van der Waals surface area contributed by atoms with Gasteiger partial charge in [0.05, 0.1) is 19.3 Å². The lowest BCUT2D eigenvalue weighted by molar-refractivity contribution is 0.157. The standard InChI is InChI=1S/C30H46NO5PSSi/c1-6-34-37(38,35-7-2)24-16-22-31-26(25-33-29(31)32)17-14-15-23-36-39(30(3,4)5,27-18-10-8-11-19-27)28-20-12-9-13-21-28/h8-13,18-21,26H,6-7,14-17,22-25H2,1-5H3. The Bertz CT molecular complexity index is 1020. The van der Waals surface area contributed by atoms with Crippen LogP contribution in [0.3, 0.4) is 0 Å². The topological polar surface area (TPSA) is 57.2 Å². The van der Waals surface area contributed by atoms with E-state index in [0.29, 0.717) is 39.1 Å². The minimum Gasteiger partial charge on any atom is -0.447 e. The second-order valence-corrected chi connectivity index (χ2v) is 19.1. The fourth-order valence-corrected chi connectivity index (χ4v) is 12.7. The summed E-state index contributed by atoms with van der Waals surface area (Å²) < 4.78 is 23.9. The molecular weight excluding hydrogens is 545 g/mol. The van der Waals surface area contributed by atoms with Gasteiger partial charge < -0.3 is 23.1 Å². The van der Waals surface area contributed by atoms with E-state index in [0.717, 1.165) is 25.7 Å². The summed E-state index contributed by atoms with van der Waals surface area (Å²) in [4.78, 5) is 14.3. The third-order valence-corrected chi connectivity index (χ3v) is 15.6. The number of carbonyl (C=O) groups is 1. The van der Waals surface area contributed by atoms with Crippen molar-refractivity contribution in [3.05, 3.63) is 60.7 Å². The molecule has 1 heterocycles. The summed E-state index contributed by atoms with van der Waals surface area (Å²) in [5, 5.41) is 2.55. The largest absolute Gasteiger partial charge is 0.447 e. The lowest BCUT2D eigenvalue weighted by Crippen LogP contribution is -2.66. The van der Waals surface area contributed by atoms with Gasteiger partial charge in [0.1, 0.15) is 6.61 Å². The van der Waals surface area contributed by atoms with Gasteiger partial charge in [-0.25, -0.2) is 4.79 Å². The second kappa shape index (κ2) is 14.9. The molecule has 0 spiro atoms. The number of cyclic esters (lactones) is 1. The van der Waals surface area contributed by atoms with E-state index in [9.17, 15) is 4.79 Å². The van der Waals surface area contributed by atoms with Crippen LogP contribution in [0.1, 0.15) is 60.3 Å². The molecule has 1 aliphatic rings. The van der Waals surface area contributed by atoms with E-state index in [4.69, 9.17) is 30.0 Å². The Morgan fingerprint density at radius 3 is 2.03 bits per heavy atom. The maximum absolute atomic E-state index is 12.4. The Hall–Kier alpha value is -1.54. The Balaban J connectivity index is 1.59. The number of carbonyl (C=O) groups excluding carboxylic acids is 1. The van der Waals surface area contributed by atoms with Crippen LogP contribution in [-0.4, -0.2) is 64.5 Å². The Morgan fingerprint density at radius 1 is 0.949 bits per heavy atom. The van der Waals surface area contributed by atoms with Gasteiger partial charge in [-0.2, -0.15) is 0 Å². The second-order valence-electron chi connectivity index (χ2n) is 11.0. The fourth-order valence-electron chi connectivity index (χ4n) is 5.47. The van der Waals surface area contributed by atoms with Crippen molar-refractivity contribution in [1.29, 1.82) is 0 Å². The van der Waals surface area contributed by atoms with E-state index >= 15 is 0 Å². The molecule has 1 unspecified atom stereocenters. The SMILES string of the molecule is CCOP(=S)(CCCN1C(=O)OCC1CCCCO[Si](c1ccccc1)(c1ccccc1)C(C)(C)C)OCC. The summed E-state index contributed by atoms with van der Waals surface area (Å²) in [7, 11) is -2.52. The minimum atomic E-state index is -2.52. The molecule has 0 aliphatic carbocycles. The van der Waals surface area contributed by atoms with E-state index < -0.39 is 14.8 Å². The third kappa shape index (κ3) is 8.24. The van der Waals surface area contributed by atoms with Gasteiger partial charge in [-0.15, -0.1) is 0 Å². The normalized spacial score (nSPS) is 16.5. The van der Waals surface area contributed by atoms with Crippen molar-refractivity contribution in [3.63, 3.8) is 0 Å². The van der Waals surface area contributed by atoms with E-state index in [1.807, 2.05) is 18.7 Å². The van der Waals surface area contributed by atoms with Gasteiger partial charge in [0, 0.05) is 19.3 Å². The van der Waals surface area contributed by atoms with Crippen molar-refractivity contribution in [2.45, 2.75) is 71.4 Å². The lowest BCUT2D eigenvalue weighted by Gasteiger charge is -2.43. The smallest absolute Gasteiger partial charge is 0.410 e. The highest BCUT2D eigenvalue weighted by Gasteiger charge is 2.50. The number of hydrogen-bond acceptors (Lipinski definition) is 6. The summed E-state index contributed by atoms with van der Waals surface area (Å²) in [6, 6.07) is 21.6. The van der Waals surface area contributed by atoms with Crippen LogP contribution < -0.4 is 10.4 Å². The zero-order valence-electron chi connectivity index (χ0n) is 24.3. The quantitative estimate of drug-likeness (QED) is 0.129. The highest BCUT2D eigenvalue weighted by atomic mass is 32.5. The highest BCUT2D eigenvalue weighted by molar-refractivity contribution is 8.09. The molecule has 2 aromatic carbocycles. The zero-order valence-corrected chi connectivity index (χ0v) is 27.0. The number of amides is 1. The van der Waals surface area contributed by atoms with Gasteiger partial charge in [0.2, 0.25) is 0 Å². The monoisotopic (exact) mass is 591 g/mol. The van der Waals surface area contributed by atoms with Gasteiger partial charge >= 0.3 is 6.09 Å². The van der Waals surface area contributed by atoms with Crippen molar-refractivity contribution in [2.24, 2.45) is 0 Å². The van der Waals surface area contributed by atoms with Crippen molar-refractivity contribution in [2.75, 3.05) is 39.1 Å². The van der Waals surface area contributed by atoms with Gasteiger partial charge in [-0.3, -0.25) is 0 Å². The molecular formula is C30H46NO5PSSi. The maximum atomic E-state index is 12.4. The average molecular weight is 592 g/mol. The summed E-state index contributed by atoms with van der Waals surface area (Å²) in [6.45, 7) is 11.3. The summed E-state index contributed by atoms with van der Waals surface area (Å²) in [5.74, 6) is 0. The Labute approximate surface area is 241 Å². The van der Waals surface area contributed by atoms with Crippen molar-refractivity contribution in [1.82, 2.24) is 4.90 Å². The fraction of sp³-hybridized carbons (Fsp3) is 0.567. The molecule has 0 saturated carbocycles. The molecule has 39 heavy (non-hydrogen) atoms. The third-order valence-electron chi connectivity index (χ3n) is 7.22. The molecule has 0 radical (unpaired) electrons. The van der Waals surface area contributed by atoms with Crippen molar-refractivity contribution < 1.29 is 23.0 Å². The van der Waals surface area contributed by atoms with Gasteiger partial charge in [-0.05, 0) is 66.7 Å². The van der Waals surface area contributed by atoms with Gasteiger partial charge in [-0.1, -0.05) is 81.4 Å². The molecule has 9 heteroatoms. The number of benzene rings is 2. The lowest BCUT2D eigenvalue weighted by atomic mass is 10.1. The van der Waals surface area contributed by atoms with Crippen LogP contribution in [-0.2, 0) is 30.0 Å². The van der Waals surface area contributed by atoms with Crippen LogP contribution in [0.25, 0.3) is 0 Å². The van der Waals surface area contributed by atoms with E-state index in [1.165, 1.54) is 10.4 Å². The van der Waals surface area contributed by atoms with Crippen LogP contribution in [0.2, 0.25) is 5.04 Å². The van der Waals surface area contributed by atoms with Crippen LogP contribution in [0.5, 0.6) is 0 Å². The molecule has 0 bridgehead atoms. The summed E-state index contributed by atoms with van der Waals surface area (Å²) in [5.41, 5.74) is 0. The molecule has 1 amide bonds. The Kier molecular flexibility index (Phi) is 12.2. The van der Waals surface area contributed by atoms with Crippen LogP contribution in [0.4, 0.5) is 4.79 Å². The molecule has 0 N–H and O–H groups in total. The predicted molar refractivity (Wildman–Crippen MR) is 166 cm³/mol. The first-order chi connectivity index (χ1) is 18.7. The highest BCUT2D eigenvalue weighted by Crippen LogP contribution is 2.49. The molecule has 1 saturated heterocycles. The molecule has 1 aliphatic heterocycles.